The Hall–Kier alpha value is -4.37. The minimum absolute atomic E-state index is 0.0246. The minimum atomic E-state index is -0.635. The van der Waals surface area contributed by atoms with Gasteiger partial charge in [0.25, 0.3) is 0 Å². The second-order valence-corrected chi connectivity index (χ2v) is 11.7. The first-order chi connectivity index (χ1) is 21.3. The Morgan fingerprint density at radius 3 is 2.14 bits per heavy atom. The van der Waals surface area contributed by atoms with Gasteiger partial charge in [0.2, 0.25) is 11.8 Å². The molecule has 2 saturated heterocycles. The molecule has 3 aromatic rings. The average Bonchev–Trinajstić information content (AvgIpc) is 3.05. The normalized spacial score (nSPS) is 19.6. The number of hydrazine groups is 1. The summed E-state index contributed by atoms with van der Waals surface area (Å²) >= 11 is 0. The third-order valence-electron chi connectivity index (χ3n) is 8.96. The van der Waals surface area contributed by atoms with Crippen LogP contribution in [0.5, 0.6) is 5.75 Å². The molecule has 4 amide bonds. The summed E-state index contributed by atoms with van der Waals surface area (Å²) in [5, 5.41) is 6.31. The Morgan fingerprint density at radius 2 is 1.57 bits per heavy atom. The molecule has 0 bridgehead atoms. The highest BCUT2D eigenvalue weighted by atomic mass is 16.5. The fraction of sp³-hybridized carbons (Fsp3) is 0.400. The van der Waals surface area contributed by atoms with Gasteiger partial charge in [0, 0.05) is 26.1 Å². The van der Waals surface area contributed by atoms with E-state index in [1.54, 1.807) is 29.1 Å². The molecule has 2 fully saturated rings. The predicted molar refractivity (Wildman–Crippen MR) is 169 cm³/mol. The molecule has 0 spiro atoms. The smallest absolute Gasteiger partial charge is 0.334 e. The maximum atomic E-state index is 14.1. The summed E-state index contributed by atoms with van der Waals surface area (Å²) in [5.41, 5.74) is 3.31. The summed E-state index contributed by atoms with van der Waals surface area (Å²) in [6.45, 7) is 5.14. The quantitative estimate of drug-likeness (QED) is 0.366. The summed E-state index contributed by atoms with van der Waals surface area (Å²) in [6, 6.07) is 27.3. The molecular weight excluding hydrogens is 554 g/mol. The summed E-state index contributed by atoms with van der Waals surface area (Å²) in [7, 11) is 3.37. The summed E-state index contributed by atoms with van der Waals surface area (Å²) < 4.78 is 5.24. The van der Waals surface area contributed by atoms with Crippen molar-refractivity contribution in [2.24, 2.45) is 5.92 Å². The van der Waals surface area contributed by atoms with Gasteiger partial charge in [-0.05, 0) is 41.2 Å². The highest BCUT2D eigenvalue weighted by molar-refractivity contribution is 5.91. The van der Waals surface area contributed by atoms with Crippen LogP contribution in [0.25, 0.3) is 0 Å². The van der Waals surface area contributed by atoms with E-state index < -0.39 is 12.2 Å². The van der Waals surface area contributed by atoms with E-state index in [1.807, 2.05) is 79.4 Å². The van der Waals surface area contributed by atoms with Crippen LogP contribution >= 0.6 is 0 Å². The lowest BCUT2D eigenvalue weighted by Gasteiger charge is -2.55. The van der Waals surface area contributed by atoms with Crippen LogP contribution in [-0.2, 0) is 16.1 Å². The highest BCUT2D eigenvalue weighted by Gasteiger charge is 2.51. The van der Waals surface area contributed by atoms with Gasteiger partial charge in [-0.15, -0.1) is 0 Å². The van der Waals surface area contributed by atoms with Gasteiger partial charge in [-0.3, -0.25) is 9.59 Å². The van der Waals surface area contributed by atoms with Gasteiger partial charge < -0.3 is 19.9 Å². The van der Waals surface area contributed by atoms with Crippen molar-refractivity contribution in [2.75, 3.05) is 33.8 Å². The van der Waals surface area contributed by atoms with E-state index in [4.69, 9.17) is 4.74 Å². The van der Waals surface area contributed by atoms with E-state index in [0.29, 0.717) is 19.5 Å². The fourth-order valence-corrected chi connectivity index (χ4v) is 6.38. The summed E-state index contributed by atoms with van der Waals surface area (Å²) in [6.07, 6.45) is 0.838. The molecule has 3 atom stereocenters. The first-order valence-corrected chi connectivity index (χ1v) is 15.4. The number of benzene rings is 3. The van der Waals surface area contributed by atoms with Crippen molar-refractivity contribution in [1.29, 1.82) is 0 Å². The fourth-order valence-electron chi connectivity index (χ4n) is 6.38. The number of urea groups is 1. The van der Waals surface area contributed by atoms with Crippen molar-refractivity contribution in [1.82, 2.24) is 25.1 Å². The molecule has 44 heavy (non-hydrogen) atoms. The van der Waals surface area contributed by atoms with Gasteiger partial charge in [-0.25, -0.2) is 14.8 Å². The number of fused-ring (bicyclic) bond motifs is 1. The number of piperazine rings is 1. The zero-order chi connectivity index (χ0) is 31.2. The Labute approximate surface area is 260 Å². The van der Waals surface area contributed by atoms with E-state index >= 15 is 0 Å². The summed E-state index contributed by atoms with van der Waals surface area (Å²) in [5.74, 6) is 0.594. The van der Waals surface area contributed by atoms with Gasteiger partial charge >= 0.3 is 6.03 Å². The Kier molecular flexibility index (Phi) is 9.85. The first-order valence-electron chi connectivity index (χ1n) is 15.4. The molecule has 9 heteroatoms. The zero-order valence-electron chi connectivity index (χ0n) is 26.1. The van der Waals surface area contributed by atoms with Crippen LogP contribution in [0.15, 0.2) is 84.9 Å². The molecule has 0 aliphatic carbocycles. The predicted octanol–water partition coefficient (Wildman–Crippen LogP) is 4.70. The molecular formula is C35H43N5O4. The number of rotatable bonds is 10. The standard InChI is InChI=1S/C35H43N5O4/c1-5-25(2)33-34(42)38(21-20-30(27-12-8-6-9-13-27)28-14-10-7-11-15-28)23-31-39(33)32(41)24-37(3)40(31)35(43)36-22-26-16-18-29(44-4)19-17-26/h6-19,25,30-31,33H,5,20-24H2,1-4H3,(H,36,43)/t25?,31-,33-/m0/s1. The van der Waals surface area contributed by atoms with E-state index in [9.17, 15) is 14.4 Å². The Morgan fingerprint density at radius 1 is 0.955 bits per heavy atom. The molecule has 1 N–H and O–H groups in total. The second-order valence-electron chi connectivity index (χ2n) is 11.7. The van der Waals surface area contributed by atoms with Crippen LogP contribution in [0.2, 0.25) is 0 Å². The monoisotopic (exact) mass is 597 g/mol. The van der Waals surface area contributed by atoms with Crippen molar-refractivity contribution in [3.63, 3.8) is 0 Å². The Balaban J connectivity index is 1.40. The number of amides is 4. The SMILES string of the molecule is CCC(C)[C@H]1C(=O)N(CCC(c2ccccc2)c2ccccc2)C[C@H]2N1C(=O)CN(C)N2C(=O)NCc1ccc(OC)cc1. The van der Waals surface area contributed by atoms with Crippen molar-refractivity contribution >= 4 is 17.8 Å². The summed E-state index contributed by atoms with van der Waals surface area (Å²) in [4.78, 5) is 44.9. The number of nitrogens with one attached hydrogen (secondary N) is 1. The van der Waals surface area contributed by atoms with E-state index in [2.05, 4.69) is 29.6 Å². The van der Waals surface area contributed by atoms with E-state index in [-0.39, 0.29) is 42.8 Å². The van der Waals surface area contributed by atoms with E-state index in [0.717, 1.165) is 17.7 Å². The lowest BCUT2D eigenvalue weighted by atomic mass is 9.87. The van der Waals surface area contributed by atoms with Crippen LogP contribution in [0.3, 0.4) is 0 Å². The number of ether oxygens (including phenoxy) is 1. The first kappa shape index (κ1) is 31.1. The zero-order valence-corrected chi connectivity index (χ0v) is 26.1. The lowest BCUT2D eigenvalue weighted by molar-refractivity contribution is -0.190. The molecule has 3 aromatic carbocycles. The largest absolute Gasteiger partial charge is 0.497 e. The van der Waals surface area contributed by atoms with E-state index in [1.165, 1.54) is 11.1 Å². The van der Waals surface area contributed by atoms with Crippen molar-refractivity contribution in [3.8, 4) is 5.75 Å². The molecule has 2 aliphatic heterocycles. The molecule has 9 nitrogen and oxygen atoms in total. The maximum Gasteiger partial charge on any atom is 0.334 e. The average molecular weight is 598 g/mol. The molecule has 2 heterocycles. The van der Waals surface area contributed by atoms with Gasteiger partial charge in [0.05, 0.1) is 20.2 Å². The molecule has 1 unspecified atom stereocenters. The number of carbonyl (C=O) groups excluding carboxylic acids is 3. The molecule has 0 radical (unpaired) electrons. The third-order valence-corrected chi connectivity index (χ3v) is 8.96. The third kappa shape index (κ3) is 6.58. The second kappa shape index (κ2) is 13.9. The topological polar surface area (TPSA) is 85.4 Å². The van der Waals surface area contributed by atoms with Crippen LogP contribution < -0.4 is 10.1 Å². The van der Waals surface area contributed by atoms with Crippen molar-refractivity contribution in [2.45, 2.75) is 51.4 Å². The number of likely N-dealkylation sites (N-methyl/N-ethyl adjacent to an activating group) is 1. The van der Waals surface area contributed by atoms with Gasteiger partial charge in [0.15, 0.2) is 0 Å². The molecule has 232 valence electrons. The van der Waals surface area contributed by atoms with Gasteiger partial charge in [0.1, 0.15) is 18.0 Å². The highest BCUT2D eigenvalue weighted by Crippen LogP contribution is 2.33. The number of hydrogen-bond donors (Lipinski definition) is 1. The number of nitrogens with zero attached hydrogens (tertiary/aromatic N) is 4. The van der Waals surface area contributed by atoms with Crippen LogP contribution in [0.4, 0.5) is 4.79 Å². The lowest BCUT2D eigenvalue weighted by Crippen LogP contribution is -2.76. The maximum absolute atomic E-state index is 14.1. The molecule has 0 aromatic heterocycles. The van der Waals surface area contributed by atoms with Crippen molar-refractivity contribution < 1.29 is 19.1 Å². The van der Waals surface area contributed by atoms with Crippen molar-refractivity contribution in [3.05, 3.63) is 102 Å². The van der Waals surface area contributed by atoms with Crippen LogP contribution in [0.1, 0.15) is 49.3 Å². The van der Waals surface area contributed by atoms with Gasteiger partial charge in [-0.1, -0.05) is 93.1 Å². The number of hydrogen-bond acceptors (Lipinski definition) is 5. The number of carbonyl (C=O) groups is 3. The Bertz CT molecular complexity index is 1380. The molecule has 5 rings (SSSR count). The molecule has 0 saturated carbocycles. The molecule has 2 aliphatic rings. The van der Waals surface area contributed by atoms with Gasteiger partial charge in [-0.2, -0.15) is 0 Å². The van der Waals surface area contributed by atoms with Crippen LogP contribution in [0, 0.1) is 5.92 Å². The number of methoxy groups -OCH3 is 1. The van der Waals surface area contributed by atoms with Crippen LogP contribution in [-0.4, -0.2) is 83.7 Å². The minimum Gasteiger partial charge on any atom is -0.497 e.